The maximum Gasteiger partial charge on any atom is 0.0659 e. The molecule has 4 nitrogen and oxygen atoms in total. The Morgan fingerprint density at radius 3 is 1.29 bits per heavy atom. The number of benzene rings is 2. The van der Waals surface area contributed by atoms with E-state index in [4.69, 9.17) is 20.9 Å². The van der Waals surface area contributed by atoms with Crippen LogP contribution in [0.15, 0.2) is 60.7 Å². The highest BCUT2D eigenvalue weighted by Gasteiger charge is 2.05. The highest BCUT2D eigenvalue weighted by atomic mass is 16.5. The first-order valence-corrected chi connectivity index (χ1v) is 10.5. The highest BCUT2D eigenvalue weighted by molar-refractivity contribution is 5.19. The molecule has 2 aromatic carbocycles. The average Bonchev–Trinajstić information content (AvgIpc) is 2.75. The first-order chi connectivity index (χ1) is 13.8. The number of hydrogen-bond donors (Lipinski definition) is 2. The maximum absolute atomic E-state index is 6.12. The summed E-state index contributed by atoms with van der Waals surface area (Å²) in [7, 11) is 0. The molecule has 0 aromatic heterocycles. The van der Waals surface area contributed by atoms with Gasteiger partial charge < -0.3 is 20.9 Å². The number of hydrogen-bond acceptors (Lipinski definition) is 4. The van der Waals surface area contributed by atoms with E-state index in [0.717, 1.165) is 37.2 Å². The third kappa shape index (κ3) is 9.47. The first kappa shape index (κ1) is 22.6. The molecule has 28 heavy (non-hydrogen) atoms. The van der Waals surface area contributed by atoms with Crippen LogP contribution < -0.4 is 11.5 Å². The molecule has 0 saturated heterocycles. The van der Waals surface area contributed by atoms with Crippen molar-refractivity contribution in [1.29, 1.82) is 0 Å². The van der Waals surface area contributed by atoms with Crippen molar-refractivity contribution in [2.24, 2.45) is 11.5 Å². The second-order valence-corrected chi connectivity index (χ2v) is 7.31. The van der Waals surface area contributed by atoms with Gasteiger partial charge in [0.05, 0.1) is 25.3 Å². The first-order valence-electron chi connectivity index (χ1n) is 10.5. The Balaban J connectivity index is 1.35. The molecule has 2 atom stereocenters. The maximum atomic E-state index is 6.12. The van der Waals surface area contributed by atoms with Crippen molar-refractivity contribution in [1.82, 2.24) is 0 Å². The average molecular weight is 385 g/mol. The third-order valence-corrected chi connectivity index (χ3v) is 4.88. The van der Waals surface area contributed by atoms with Crippen LogP contribution in [0.2, 0.25) is 0 Å². The summed E-state index contributed by atoms with van der Waals surface area (Å²) in [5, 5.41) is 0. The topological polar surface area (TPSA) is 70.5 Å². The molecule has 0 aliphatic carbocycles. The molecule has 0 aliphatic rings. The summed E-state index contributed by atoms with van der Waals surface area (Å²) in [4.78, 5) is 0. The van der Waals surface area contributed by atoms with Gasteiger partial charge in [-0.3, -0.25) is 0 Å². The Hall–Kier alpha value is -1.72. The standard InChI is InChI=1S/C24H36N2O2/c25-23(21-13-7-5-8-14-21)19-27-17-11-3-1-2-4-12-18-28-20-24(26)22-15-9-6-10-16-22/h5-10,13-16,23-24H,1-4,11-12,17-20,25-26H2/t23-,24-/m1/s1. The number of unbranched alkanes of at least 4 members (excludes halogenated alkanes) is 5. The Morgan fingerprint density at radius 2 is 0.893 bits per heavy atom. The second kappa shape index (κ2) is 14.3. The summed E-state index contributed by atoms with van der Waals surface area (Å²) in [5.41, 5.74) is 14.5. The van der Waals surface area contributed by atoms with Gasteiger partial charge in [-0.2, -0.15) is 0 Å². The van der Waals surface area contributed by atoms with Crippen LogP contribution in [0.25, 0.3) is 0 Å². The van der Waals surface area contributed by atoms with Gasteiger partial charge in [0.15, 0.2) is 0 Å². The van der Waals surface area contributed by atoms with E-state index in [1.807, 2.05) is 60.7 Å². The van der Waals surface area contributed by atoms with Gasteiger partial charge in [-0.05, 0) is 24.0 Å². The van der Waals surface area contributed by atoms with Crippen molar-refractivity contribution >= 4 is 0 Å². The fraction of sp³-hybridized carbons (Fsp3) is 0.500. The summed E-state index contributed by atoms with van der Waals surface area (Å²) >= 11 is 0. The van der Waals surface area contributed by atoms with Gasteiger partial charge in [-0.1, -0.05) is 86.3 Å². The van der Waals surface area contributed by atoms with Crippen LogP contribution in [0.4, 0.5) is 0 Å². The summed E-state index contributed by atoms with van der Waals surface area (Å²) in [5.74, 6) is 0. The van der Waals surface area contributed by atoms with Gasteiger partial charge in [0.2, 0.25) is 0 Å². The summed E-state index contributed by atoms with van der Waals surface area (Å²) < 4.78 is 11.4. The predicted molar refractivity (Wildman–Crippen MR) is 116 cm³/mol. The quantitative estimate of drug-likeness (QED) is 0.434. The van der Waals surface area contributed by atoms with Gasteiger partial charge in [0.25, 0.3) is 0 Å². The molecule has 0 amide bonds. The van der Waals surface area contributed by atoms with E-state index in [1.165, 1.54) is 25.7 Å². The fourth-order valence-electron chi connectivity index (χ4n) is 3.13. The van der Waals surface area contributed by atoms with E-state index in [0.29, 0.717) is 13.2 Å². The van der Waals surface area contributed by atoms with E-state index in [2.05, 4.69) is 0 Å². The minimum Gasteiger partial charge on any atom is -0.379 e. The normalized spacial score (nSPS) is 13.4. The monoisotopic (exact) mass is 384 g/mol. The lowest BCUT2D eigenvalue weighted by molar-refractivity contribution is 0.114. The van der Waals surface area contributed by atoms with Crippen molar-refractivity contribution in [2.45, 2.75) is 50.6 Å². The Bertz CT molecular complexity index is 551. The highest BCUT2D eigenvalue weighted by Crippen LogP contribution is 2.12. The molecule has 0 bridgehead atoms. The van der Waals surface area contributed by atoms with Crippen LogP contribution in [-0.2, 0) is 9.47 Å². The number of rotatable bonds is 15. The minimum absolute atomic E-state index is 0.0313. The summed E-state index contributed by atoms with van der Waals surface area (Å²) in [6, 6.07) is 20.2. The zero-order chi connectivity index (χ0) is 19.9. The Morgan fingerprint density at radius 1 is 0.536 bits per heavy atom. The lowest BCUT2D eigenvalue weighted by Gasteiger charge is -2.12. The van der Waals surface area contributed by atoms with Crippen LogP contribution in [0, 0.1) is 0 Å². The number of nitrogens with two attached hydrogens (primary N) is 2. The summed E-state index contributed by atoms with van der Waals surface area (Å²) in [6.07, 6.45) is 7.11. The number of ether oxygens (including phenoxy) is 2. The van der Waals surface area contributed by atoms with E-state index in [1.54, 1.807) is 0 Å². The molecule has 4 heteroatoms. The molecule has 0 saturated carbocycles. The molecule has 2 aromatic rings. The molecule has 2 rings (SSSR count). The fourth-order valence-corrected chi connectivity index (χ4v) is 3.13. The lowest BCUT2D eigenvalue weighted by Crippen LogP contribution is -2.17. The molecule has 0 radical (unpaired) electrons. The Kier molecular flexibility index (Phi) is 11.5. The second-order valence-electron chi connectivity index (χ2n) is 7.31. The van der Waals surface area contributed by atoms with Gasteiger partial charge >= 0.3 is 0 Å². The molecule has 4 N–H and O–H groups in total. The smallest absolute Gasteiger partial charge is 0.0659 e. The van der Waals surface area contributed by atoms with Crippen LogP contribution in [0.3, 0.4) is 0 Å². The Labute approximate surface area is 170 Å². The van der Waals surface area contributed by atoms with Crippen LogP contribution in [0.1, 0.15) is 61.7 Å². The van der Waals surface area contributed by atoms with Gasteiger partial charge in [-0.25, -0.2) is 0 Å². The SMILES string of the molecule is N[C@H](COCCCCCCCCOC[C@@H](N)c1ccccc1)c1ccccc1. The molecule has 154 valence electrons. The van der Waals surface area contributed by atoms with Gasteiger partial charge in [0, 0.05) is 13.2 Å². The molecular weight excluding hydrogens is 348 g/mol. The third-order valence-electron chi connectivity index (χ3n) is 4.88. The zero-order valence-electron chi connectivity index (χ0n) is 17.0. The van der Waals surface area contributed by atoms with Crippen molar-refractivity contribution in [3.8, 4) is 0 Å². The molecule has 0 spiro atoms. The van der Waals surface area contributed by atoms with Crippen LogP contribution in [-0.4, -0.2) is 26.4 Å². The summed E-state index contributed by atoms with van der Waals surface area (Å²) in [6.45, 7) is 2.76. The van der Waals surface area contributed by atoms with Crippen LogP contribution >= 0.6 is 0 Å². The zero-order valence-corrected chi connectivity index (χ0v) is 17.0. The van der Waals surface area contributed by atoms with Crippen LogP contribution in [0.5, 0.6) is 0 Å². The lowest BCUT2D eigenvalue weighted by atomic mass is 10.1. The molecule has 0 fully saturated rings. The van der Waals surface area contributed by atoms with E-state index < -0.39 is 0 Å². The van der Waals surface area contributed by atoms with Crippen molar-refractivity contribution < 1.29 is 9.47 Å². The van der Waals surface area contributed by atoms with Gasteiger partial charge in [0.1, 0.15) is 0 Å². The van der Waals surface area contributed by atoms with E-state index in [9.17, 15) is 0 Å². The van der Waals surface area contributed by atoms with E-state index in [-0.39, 0.29) is 12.1 Å². The van der Waals surface area contributed by atoms with E-state index >= 15 is 0 Å². The largest absolute Gasteiger partial charge is 0.379 e. The molecule has 0 aliphatic heterocycles. The predicted octanol–water partition coefficient (Wildman–Crippen LogP) is 4.76. The molecule has 0 unspecified atom stereocenters. The van der Waals surface area contributed by atoms with Crippen molar-refractivity contribution in [2.75, 3.05) is 26.4 Å². The van der Waals surface area contributed by atoms with Crippen molar-refractivity contribution in [3.05, 3.63) is 71.8 Å². The van der Waals surface area contributed by atoms with Crippen molar-refractivity contribution in [3.63, 3.8) is 0 Å². The van der Waals surface area contributed by atoms with Gasteiger partial charge in [-0.15, -0.1) is 0 Å². The molecule has 0 heterocycles. The minimum atomic E-state index is -0.0313. The molecular formula is C24H36N2O2.